The number of likely N-dealkylation sites (N-methyl/N-ethyl adjacent to an activating group) is 1. The van der Waals surface area contributed by atoms with Gasteiger partial charge in [0, 0.05) is 13.2 Å². The van der Waals surface area contributed by atoms with E-state index in [0.29, 0.717) is 12.2 Å². The van der Waals surface area contributed by atoms with E-state index in [9.17, 15) is 9.59 Å². The van der Waals surface area contributed by atoms with Gasteiger partial charge in [0.15, 0.2) is 11.8 Å². The van der Waals surface area contributed by atoms with Crippen LogP contribution >= 0.6 is 11.3 Å². The second-order valence-corrected chi connectivity index (χ2v) is 6.98. The van der Waals surface area contributed by atoms with Crippen molar-refractivity contribution in [2.75, 3.05) is 7.05 Å². The first-order chi connectivity index (χ1) is 12.4. The molecule has 26 heavy (non-hydrogen) atoms. The minimum atomic E-state index is -0.926. The van der Waals surface area contributed by atoms with E-state index >= 15 is 0 Å². The molecule has 0 saturated carbocycles. The fourth-order valence-electron chi connectivity index (χ4n) is 2.35. The van der Waals surface area contributed by atoms with Gasteiger partial charge in [-0.3, -0.25) is 9.78 Å². The second-order valence-electron chi connectivity index (χ2n) is 5.86. The summed E-state index contributed by atoms with van der Waals surface area (Å²) in [6.07, 6.45) is 1.88. The molecule has 0 aliphatic carbocycles. The third-order valence-corrected chi connectivity index (χ3v) is 4.73. The van der Waals surface area contributed by atoms with E-state index in [1.165, 1.54) is 35.6 Å². The van der Waals surface area contributed by atoms with Crippen molar-refractivity contribution in [3.8, 4) is 0 Å². The van der Waals surface area contributed by atoms with Crippen LogP contribution in [-0.4, -0.2) is 44.9 Å². The van der Waals surface area contributed by atoms with Crippen LogP contribution in [0.25, 0.3) is 10.2 Å². The van der Waals surface area contributed by atoms with Crippen LogP contribution in [0.15, 0.2) is 36.7 Å². The number of carbonyl (C=O) groups excluding carboxylic acids is 2. The number of fused-ring (bicyclic) bond motifs is 1. The van der Waals surface area contributed by atoms with Gasteiger partial charge < -0.3 is 9.64 Å². The first kappa shape index (κ1) is 17.9. The zero-order chi connectivity index (χ0) is 18.7. The Morgan fingerprint density at radius 2 is 2.00 bits per heavy atom. The van der Waals surface area contributed by atoms with Crippen LogP contribution < -0.4 is 0 Å². The third kappa shape index (κ3) is 4.02. The largest absolute Gasteiger partial charge is 0.448 e. The number of hydrogen-bond acceptors (Lipinski definition) is 7. The SMILES string of the molecule is Cc1cnc(C(=O)O[C@H](C)C(=O)N(C)Cc2nc3ccccc3s2)cn1. The van der Waals surface area contributed by atoms with Crippen LogP contribution in [0.1, 0.15) is 28.1 Å². The van der Waals surface area contributed by atoms with Crippen LogP contribution in [0, 0.1) is 6.92 Å². The minimum absolute atomic E-state index is 0.0732. The predicted molar refractivity (Wildman–Crippen MR) is 97.7 cm³/mol. The van der Waals surface area contributed by atoms with E-state index in [0.717, 1.165) is 15.2 Å². The summed E-state index contributed by atoms with van der Waals surface area (Å²) in [7, 11) is 1.66. The van der Waals surface area contributed by atoms with Gasteiger partial charge in [-0.2, -0.15) is 0 Å². The van der Waals surface area contributed by atoms with Gasteiger partial charge in [0.1, 0.15) is 5.01 Å². The average Bonchev–Trinajstić information content (AvgIpc) is 3.03. The number of para-hydroxylation sites is 1. The molecule has 7 nitrogen and oxygen atoms in total. The summed E-state index contributed by atoms with van der Waals surface area (Å²) < 4.78 is 6.28. The Balaban J connectivity index is 1.61. The highest BCUT2D eigenvalue weighted by Gasteiger charge is 2.23. The molecule has 3 rings (SSSR count). The molecule has 1 aromatic carbocycles. The Bertz CT molecular complexity index is 906. The van der Waals surface area contributed by atoms with Crippen molar-refractivity contribution in [1.29, 1.82) is 0 Å². The average molecular weight is 370 g/mol. The molecule has 0 radical (unpaired) electrons. The van der Waals surface area contributed by atoms with Crippen molar-refractivity contribution in [1.82, 2.24) is 19.9 Å². The van der Waals surface area contributed by atoms with Gasteiger partial charge in [-0.25, -0.2) is 14.8 Å². The van der Waals surface area contributed by atoms with Crippen LogP contribution in [0.5, 0.6) is 0 Å². The van der Waals surface area contributed by atoms with Gasteiger partial charge >= 0.3 is 5.97 Å². The van der Waals surface area contributed by atoms with Gasteiger partial charge in [0.2, 0.25) is 0 Å². The van der Waals surface area contributed by atoms with Crippen LogP contribution in [0.3, 0.4) is 0 Å². The van der Waals surface area contributed by atoms with E-state index < -0.39 is 12.1 Å². The number of benzene rings is 1. The maximum Gasteiger partial charge on any atom is 0.359 e. The summed E-state index contributed by atoms with van der Waals surface area (Å²) >= 11 is 1.54. The smallest absolute Gasteiger partial charge is 0.359 e. The number of aromatic nitrogens is 3. The summed E-state index contributed by atoms with van der Waals surface area (Å²) in [5, 5.41) is 0.824. The molecule has 0 bridgehead atoms. The number of carbonyl (C=O) groups is 2. The Kier molecular flexibility index (Phi) is 5.22. The molecule has 0 N–H and O–H groups in total. The maximum absolute atomic E-state index is 12.5. The van der Waals surface area contributed by atoms with E-state index in [1.807, 2.05) is 24.3 Å². The molecule has 0 spiro atoms. The number of esters is 1. The number of nitrogens with zero attached hydrogens (tertiary/aromatic N) is 4. The molecule has 3 aromatic rings. The summed E-state index contributed by atoms with van der Waals surface area (Å²) in [5.41, 5.74) is 1.68. The number of amides is 1. The lowest BCUT2D eigenvalue weighted by atomic mass is 10.3. The lowest BCUT2D eigenvalue weighted by Gasteiger charge is -2.20. The molecule has 2 aromatic heterocycles. The van der Waals surface area contributed by atoms with E-state index in [4.69, 9.17) is 4.74 Å². The zero-order valence-electron chi connectivity index (χ0n) is 14.7. The van der Waals surface area contributed by atoms with Crippen molar-refractivity contribution in [2.24, 2.45) is 0 Å². The predicted octanol–water partition coefficient (Wildman–Crippen LogP) is 2.60. The fourth-order valence-corrected chi connectivity index (χ4v) is 3.37. The fraction of sp³-hybridized carbons (Fsp3) is 0.278. The molecule has 134 valence electrons. The molecule has 0 fully saturated rings. The molecule has 2 heterocycles. The highest BCUT2D eigenvalue weighted by molar-refractivity contribution is 7.18. The summed E-state index contributed by atoms with van der Waals surface area (Å²) in [6, 6.07) is 7.81. The van der Waals surface area contributed by atoms with Gasteiger partial charge in [-0.1, -0.05) is 12.1 Å². The highest BCUT2D eigenvalue weighted by Crippen LogP contribution is 2.22. The molecule has 0 saturated heterocycles. The molecule has 8 heteroatoms. The molecule has 1 atom stereocenters. The lowest BCUT2D eigenvalue weighted by molar-refractivity contribution is -0.139. The second kappa shape index (κ2) is 7.57. The Morgan fingerprint density at radius 1 is 1.23 bits per heavy atom. The zero-order valence-corrected chi connectivity index (χ0v) is 15.5. The van der Waals surface area contributed by atoms with Gasteiger partial charge in [-0.05, 0) is 26.0 Å². The van der Waals surface area contributed by atoms with Crippen LogP contribution in [-0.2, 0) is 16.1 Å². The lowest BCUT2D eigenvalue weighted by Crippen LogP contribution is -2.37. The molecule has 0 unspecified atom stereocenters. The first-order valence-electron chi connectivity index (χ1n) is 8.03. The third-order valence-electron chi connectivity index (χ3n) is 3.71. The summed E-state index contributed by atoms with van der Waals surface area (Å²) in [6.45, 7) is 3.66. The normalized spacial score (nSPS) is 12.0. The van der Waals surface area contributed by atoms with E-state index in [-0.39, 0.29) is 11.6 Å². The Labute approximate surface area is 154 Å². The topological polar surface area (TPSA) is 85.3 Å². The summed E-state index contributed by atoms with van der Waals surface area (Å²) in [5.74, 6) is -0.982. The molecule has 1 amide bonds. The van der Waals surface area contributed by atoms with Crippen LogP contribution in [0.4, 0.5) is 0 Å². The molecular formula is C18H18N4O3S. The number of thiazole rings is 1. The quantitative estimate of drug-likeness (QED) is 0.642. The Morgan fingerprint density at radius 3 is 2.69 bits per heavy atom. The molecule has 0 aliphatic heterocycles. The monoisotopic (exact) mass is 370 g/mol. The van der Waals surface area contributed by atoms with Crippen molar-refractivity contribution in [3.63, 3.8) is 0 Å². The van der Waals surface area contributed by atoms with E-state index in [1.54, 1.807) is 14.0 Å². The van der Waals surface area contributed by atoms with Gasteiger partial charge in [0.05, 0.1) is 28.7 Å². The van der Waals surface area contributed by atoms with Crippen molar-refractivity contribution in [3.05, 3.63) is 53.1 Å². The van der Waals surface area contributed by atoms with Crippen molar-refractivity contribution >= 4 is 33.4 Å². The van der Waals surface area contributed by atoms with E-state index in [2.05, 4.69) is 15.0 Å². The number of hydrogen-bond donors (Lipinski definition) is 0. The Hall–Kier alpha value is -2.87. The molecular weight excluding hydrogens is 352 g/mol. The standard InChI is InChI=1S/C18H18N4O3S/c1-11-8-20-14(9-19-11)18(24)25-12(2)17(23)22(3)10-16-21-13-6-4-5-7-15(13)26-16/h4-9,12H,10H2,1-3H3/t12-/m1/s1. The number of rotatable bonds is 5. The minimum Gasteiger partial charge on any atom is -0.448 e. The molecule has 0 aliphatic rings. The summed E-state index contributed by atoms with van der Waals surface area (Å²) in [4.78, 5) is 38.5. The number of ether oxygens (including phenoxy) is 1. The van der Waals surface area contributed by atoms with Crippen LogP contribution in [0.2, 0.25) is 0 Å². The number of aryl methyl sites for hydroxylation is 1. The van der Waals surface area contributed by atoms with Crippen molar-refractivity contribution in [2.45, 2.75) is 26.5 Å². The van der Waals surface area contributed by atoms with Gasteiger partial charge in [0.25, 0.3) is 5.91 Å². The van der Waals surface area contributed by atoms with Crippen molar-refractivity contribution < 1.29 is 14.3 Å². The highest BCUT2D eigenvalue weighted by atomic mass is 32.1. The van der Waals surface area contributed by atoms with Gasteiger partial charge in [-0.15, -0.1) is 11.3 Å². The maximum atomic E-state index is 12.5. The first-order valence-corrected chi connectivity index (χ1v) is 8.84.